The maximum absolute atomic E-state index is 11.2. The van der Waals surface area contributed by atoms with Crippen LogP contribution in [0.1, 0.15) is 6.42 Å². The Labute approximate surface area is 143 Å². The Morgan fingerprint density at radius 1 is 1.33 bits per heavy atom. The normalized spacial score (nSPS) is 19.4. The van der Waals surface area contributed by atoms with Crippen molar-refractivity contribution in [2.24, 2.45) is 11.7 Å². The number of nitrogens with two attached hydrogens (primary N) is 1. The number of halogens is 1. The highest BCUT2D eigenvalue weighted by Gasteiger charge is 2.36. The van der Waals surface area contributed by atoms with Gasteiger partial charge in [0.15, 0.2) is 5.43 Å². The Morgan fingerprint density at radius 2 is 2.08 bits per heavy atom. The molecule has 1 fully saturated rings. The van der Waals surface area contributed by atoms with Crippen molar-refractivity contribution in [2.45, 2.75) is 12.5 Å². The van der Waals surface area contributed by atoms with Crippen LogP contribution in [-0.2, 0) is 14.3 Å². The third kappa shape index (κ3) is 4.12. The summed E-state index contributed by atoms with van der Waals surface area (Å²) in [6, 6.07) is 6.10. The van der Waals surface area contributed by atoms with Gasteiger partial charge in [0.1, 0.15) is 0 Å². The second-order valence-electron chi connectivity index (χ2n) is 5.28. The van der Waals surface area contributed by atoms with Crippen molar-refractivity contribution < 1.29 is 14.3 Å². The summed E-state index contributed by atoms with van der Waals surface area (Å²) in [5.74, 6) is -1.28. The average molecular weight is 352 g/mol. The molecule has 2 atom stereocenters. The average Bonchev–Trinajstić information content (AvgIpc) is 3.04. The SMILES string of the molecule is COC(=O)C1CCNC1C(N)=O.O=c1cc[nH]c2cc(Cl)ccc12. The van der Waals surface area contributed by atoms with Gasteiger partial charge in [-0.2, -0.15) is 0 Å². The predicted octanol–water partition coefficient (Wildman–Crippen LogP) is 0.804. The molecule has 2 unspecified atom stereocenters. The summed E-state index contributed by atoms with van der Waals surface area (Å²) in [6.07, 6.45) is 2.22. The van der Waals surface area contributed by atoms with Crippen molar-refractivity contribution in [1.82, 2.24) is 10.3 Å². The van der Waals surface area contributed by atoms with Crippen molar-refractivity contribution in [1.29, 1.82) is 0 Å². The van der Waals surface area contributed by atoms with Crippen molar-refractivity contribution in [2.75, 3.05) is 13.7 Å². The number of hydrogen-bond acceptors (Lipinski definition) is 5. The summed E-state index contributed by atoms with van der Waals surface area (Å²) in [7, 11) is 1.30. The molecule has 1 aliphatic heterocycles. The Bertz CT molecular complexity index is 805. The molecule has 0 radical (unpaired) electrons. The number of hydrogen-bond donors (Lipinski definition) is 3. The van der Waals surface area contributed by atoms with E-state index in [-0.39, 0.29) is 11.4 Å². The molecule has 1 aliphatic rings. The second kappa shape index (κ2) is 7.94. The molecular weight excluding hydrogens is 334 g/mol. The van der Waals surface area contributed by atoms with E-state index in [1.807, 2.05) is 0 Å². The Hall–Kier alpha value is -2.38. The molecule has 2 aromatic rings. The number of aromatic amines is 1. The first-order valence-corrected chi connectivity index (χ1v) is 7.69. The number of carbonyl (C=O) groups excluding carboxylic acids is 2. The van der Waals surface area contributed by atoms with Gasteiger partial charge in [0, 0.05) is 22.7 Å². The van der Waals surface area contributed by atoms with Gasteiger partial charge < -0.3 is 20.8 Å². The van der Waals surface area contributed by atoms with Gasteiger partial charge in [0.05, 0.1) is 24.6 Å². The van der Waals surface area contributed by atoms with E-state index < -0.39 is 17.9 Å². The quantitative estimate of drug-likeness (QED) is 0.692. The molecule has 24 heavy (non-hydrogen) atoms. The minimum absolute atomic E-state index is 0.0143. The monoisotopic (exact) mass is 351 g/mol. The smallest absolute Gasteiger partial charge is 0.310 e. The summed E-state index contributed by atoms with van der Waals surface area (Å²) in [4.78, 5) is 36.0. The van der Waals surface area contributed by atoms with Crippen LogP contribution in [0.3, 0.4) is 0 Å². The Balaban J connectivity index is 0.000000174. The van der Waals surface area contributed by atoms with E-state index in [0.29, 0.717) is 23.4 Å². The zero-order chi connectivity index (χ0) is 17.7. The van der Waals surface area contributed by atoms with E-state index in [1.165, 1.54) is 13.2 Å². The number of esters is 1. The van der Waals surface area contributed by atoms with Gasteiger partial charge >= 0.3 is 5.97 Å². The molecule has 0 saturated carbocycles. The van der Waals surface area contributed by atoms with Crippen LogP contribution in [0.25, 0.3) is 10.9 Å². The van der Waals surface area contributed by atoms with Gasteiger partial charge in [-0.15, -0.1) is 0 Å². The summed E-state index contributed by atoms with van der Waals surface area (Å²) < 4.78 is 4.53. The fourth-order valence-corrected chi connectivity index (χ4v) is 2.73. The number of methoxy groups -OCH3 is 1. The van der Waals surface area contributed by atoms with Crippen LogP contribution in [0.15, 0.2) is 35.3 Å². The van der Waals surface area contributed by atoms with Crippen LogP contribution in [0, 0.1) is 5.92 Å². The minimum Gasteiger partial charge on any atom is -0.469 e. The third-order valence-corrected chi connectivity index (χ3v) is 3.99. The first kappa shape index (κ1) is 18.0. The van der Waals surface area contributed by atoms with Crippen molar-refractivity contribution in [3.63, 3.8) is 0 Å². The zero-order valence-electron chi connectivity index (χ0n) is 13.0. The molecule has 4 N–H and O–H groups in total. The summed E-state index contributed by atoms with van der Waals surface area (Å²) in [6.45, 7) is 0.632. The number of carbonyl (C=O) groups is 2. The summed E-state index contributed by atoms with van der Waals surface area (Å²) in [5, 5.41) is 4.14. The number of aromatic nitrogens is 1. The second-order valence-corrected chi connectivity index (χ2v) is 5.72. The molecule has 8 heteroatoms. The van der Waals surface area contributed by atoms with Crippen LogP contribution < -0.4 is 16.5 Å². The fraction of sp³-hybridized carbons (Fsp3) is 0.312. The lowest BCUT2D eigenvalue weighted by molar-refractivity contribution is -0.147. The van der Waals surface area contributed by atoms with E-state index in [0.717, 1.165) is 5.52 Å². The highest BCUT2D eigenvalue weighted by molar-refractivity contribution is 6.31. The van der Waals surface area contributed by atoms with Crippen LogP contribution in [-0.4, -0.2) is 36.6 Å². The lowest BCUT2D eigenvalue weighted by Crippen LogP contribution is -2.43. The first-order chi connectivity index (χ1) is 11.4. The predicted molar refractivity (Wildman–Crippen MR) is 90.7 cm³/mol. The lowest BCUT2D eigenvalue weighted by atomic mass is 10.0. The topological polar surface area (TPSA) is 114 Å². The maximum Gasteiger partial charge on any atom is 0.310 e. The van der Waals surface area contributed by atoms with Gasteiger partial charge in [-0.1, -0.05) is 11.6 Å². The minimum atomic E-state index is -0.558. The van der Waals surface area contributed by atoms with Crippen molar-refractivity contribution in [3.05, 3.63) is 45.7 Å². The molecule has 1 aromatic carbocycles. The number of primary amides is 1. The number of nitrogens with one attached hydrogen (secondary N) is 2. The molecule has 3 rings (SSSR count). The Morgan fingerprint density at radius 3 is 2.75 bits per heavy atom. The fourth-order valence-electron chi connectivity index (χ4n) is 2.56. The van der Waals surface area contributed by atoms with Crippen LogP contribution >= 0.6 is 11.6 Å². The van der Waals surface area contributed by atoms with Gasteiger partial charge in [-0.3, -0.25) is 14.4 Å². The number of pyridine rings is 1. The number of fused-ring (bicyclic) bond motifs is 1. The van der Waals surface area contributed by atoms with Crippen LogP contribution in [0.5, 0.6) is 0 Å². The highest BCUT2D eigenvalue weighted by atomic mass is 35.5. The van der Waals surface area contributed by atoms with Gasteiger partial charge in [0.2, 0.25) is 5.91 Å². The van der Waals surface area contributed by atoms with Crippen molar-refractivity contribution in [3.8, 4) is 0 Å². The molecule has 1 amide bonds. The molecular formula is C16H18ClN3O4. The van der Waals surface area contributed by atoms with E-state index in [9.17, 15) is 14.4 Å². The first-order valence-electron chi connectivity index (χ1n) is 7.31. The molecule has 7 nitrogen and oxygen atoms in total. The van der Waals surface area contributed by atoms with Gasteiger partial charge in [0.25, 0.3) is 0 Å². The molecule has 128 valence electrons. The molecule has 0 aliphatic carbocycles. The molecule has 1 saturated heterocycles. The zero-order valence-corrected chi connectivity index (χ0v) is 13.8. The molecule has 0 bridgehead atoms. The highest BCUT2D eigenvalue weighted by Crippen LogP contribution is 2.16. The van der Waals surface area contributed by atoms with Crippen LogP contribution in [0.4, 0.5) is 0 Å². The van der Waals surface area contributed by atoms with Gasteiger partial charge in [-0.05, 0) is 31.2 Å². The standard InChI is InChI=1S/C9H6ClNO.C7H12N2O3/c10-6-1-2-7-8(5-6)11-4-3-9(7)12;1-12-7(11)4-2-3-9-5(4)6(8)10/h1-5H,(H,11,12);4-5,9H,2-3H2,1H3,(H2,8,10). The number of amides is 1. The number of benzene rings is 1. The lowest BCUT2D eigenvalue weighted by Gasteiger charge is -2.12. The van der Waals surface area contributed by atoms with Crippen molar-refractivity contribution >= 4 is 34.4 Å². The summed E-state index contributed by atoms with van der Waals surface area (Å²) >= 11 is 5.75. The van der Waals surface area contributed by atoms with E-state index in [1.54, 1.807) is 24.4 Å². The number of rotatable bonds is 2. The van der Waals surface area contributed by atoms with E-state index in [4.69, 9.17) is 17.3 Å². The maximum atomic E-state index is 11.2. The largest absolute Gasteiger partial charge is 0.469 e. The van der Waals surface area contributed by atoms with Crippen LogP contribution in [0.2, 0.25) is 5.02 Å². The van der Waals surface area contributed by atoms with Gasteiger partial charge in [-0.25, -0.2) is 0 Å². The van der Waals surface area contributed by atoms with E-state index in [2.05, 4.69) is 15.0 Å². The number of ether oxygens (including phenoxy) is 1. The molecule has 1 aromatic heterocycles. The number of H-pyrrole nitrogens is 1. The molecule has 0 spiro atoms. The third-order valence-electron chi connectivity index (χ3n) is 3.75. The Kier molecular flexibility index (Phi) is 5.94. The summed E-state index contributed by atoms with van der Waals surface area (Å²) in [5.41, 5.74) is 5.86. The van der Waals surface area contributed by atoms with E-state index >= 15 is 0 Å². The molecule has 2 heterocycles.